The lowest BCUT2D eigenvalue weighted by atomic mass is 10.2. The van der Waals surface area contributed by atoms with E-state index >= 15 is 0 Å². The van der Waals surface area contributed by atoms with Crippen molar-refractivity contribution in [3.63, 3.8) is 0 Å². The summed E-state index contributed by atoms with van der Waals surface area (Å²) in [5.74, 6) is 0.749. The van der Waals surface area contributed by atoms with E-state index in [-0.39, 0.29) is 6.10 Å². The summed E-state index contributed by atoms with van der Waals surface area (Å²) < 4.78 is 6.79. The van der Waals surface area contributed by atoms with Gasteiger partial charge in [0.25, 0.3) is 0 Å². The highest BCUT2D eigenvalue weighted by molar-refractivity contribution is 5.54. The average Bonchev–Trinajstić information content (AvgIpc) is 2.49. The second kappa shape index (κ2) is 4.80. The zero-order chi connectivity index (χ0) is 11.4. The van der Waals surface area contributed by atoms with Crippen LogP contribution in [-0.4, -0.2) is 29.5 Å². The number of aryl methyl sites for hydroxylation is 2. The van der Waals surface area contributed by atoms with E-state index in [1.165, 1.54) is 0 Å². The first-order valence-corrected chi connectivity index (χ1v) is 4.80. The molecule has 0 fully saturated rings. The smallest absolute Gasteiger partial charge is 0.142 e. The lowest BCUT2D eigenvalue weighted by Crippen LogP contribution is -2.19. The number of rotatable bonds is 4. The van der Waals surface area contributed by atoms with Crippen LogP contribution in [0.3, 0.4) is 0 Å². The molecule has 0 saturated carbocycles. The van der Waals surface area contributed by atoms with E-state index in [9.17, 15) is 0 Å². The van der Waals surface area contributed by atoms with Crippen LogP contribution in [-0.2, 0) is 11.8 Å². The second-order valence-electron chi connectivity index (χ2n) is 3.47. The van der Waals surface area contributed by atoms with Crippen LogP contribution in [0.4, 0.5) is 5.82 Å². The topological polar surface area (TPSA) is 62.9 Å². The summed E-state index contributed by atoms with van der Waals surface area (Å²) in [6.45, 7) is 4.44. The summed E-state index contributed by atoms with van der Waals surface area (Å²) in [6, 6.07) is 2.14. The third-order valence-electron chi connectivity index (χ3n) is 2.29. The molecule has 0 aliphatic carbocycles. The number of anilines is 1. The van der Waals surface area contributed by atoms with Gasteiger partial charge in [0.2, 0.25) is 0 Å². The fourth-order valence-corrected chi connectivity index (χ4v) is 1.32. The number of hydrogen-bond acceptors (Lipinski definition) is 4. The van der Waals surface area contributed by atoms with Gasteiger partial charge in [-0.1, -0.05) is 0 Å². The average molecular weight is 208 g/mol. The van der Waals surface area contributed by atoms with Crippen LogP contribution in [0.25, 0.3) is 0 Å². The summed E-state index contributed by atoms with van der Waals surface area (Å²) in [4.78, 5) is 0. The molecule has 0 radical (unpaired) electrons. The van der Waals surface area contributed by atoms with Crippen LogP contribution in [0.15, 0.2) is 0 Å². The zero-order valence-corrected chi connectivity index (χ0v) is 9.53. The third-order valence-corrected chi connectivity index (χ3v) is 2.29. The Hall–Kier alpha value is -1.54. The maximum absolute atomic E-state index is 8.96. The fraction of sp³-hybridized carbons (Fsp3) is 0.600. The first kappa shape index (κ1) is 11.5. The van der Waals surface area contributed by atoms with Crippen LogP contribution in [0.5, 0.6) is 0 Å². The van der Waals surface area contributed by atoms with Gasteiger partial charge in [-0.05, 0) is 13.8 Å². The number of aromatic nitrogens is 2. The van der Waals surface area contributed by atoms with E-state index < -0.39 is 0 Å². The Morgan fingerprint density at radius 2 is 2.33 bits per heavy atom. The van der Waals surface area contributed by atoms with Crippen LogP contribution < -0.4 is 5.32 Å². The Morgan fingerprint density at radius 3 is 2.87 bits per heavy atom. The van der Waals surface area contributed by atoms with Crippen LogP contribution in [0.1, 0.15) is 18.2 Å². The summed E-state index contributed by atoms with van der Waals surface area (Å²) in [5.41, 5.74) is 1.34. The lowest BCUT2D eigenvalue weighted by Gasteiger charge is -2.11. The number of nitriles is 1. The third kappa shape index (κ3) is 2.48. The summed E-state index contributed by atoms with van der Waals surface area (Å²) in [7, 11) is 3.47. The summed E-state index contributed by atoms with van der Waals surface area (Å²) in [6.07, 6.45) is 0.103. The monoisotopic (exact) mass is 208 g/mol. The fourth-order valence-electron chi connectivity index (χ4n) is 1.32. The molecule has 15 heavy (non-hydrogen) atoms. The van der Waals surface area contributed by atoms with Gasteiger partial charge in [0.15, 0.2) is 0 Å². The number of nitrogens with one attached hydrogen (secondary N) is 1. The molecule has 0 saturated heterocycles. The van der Waals surface area contributed by atoms with Crippen molar-refractivity contribution in [2.75, 3.05) is 19.0 Å². The van der Waals surface area contributed by atoms with Crippen molar-refractivity contribution in [3.05, 3.63) is 11.3 Å². The number of nitrogens with zero attached hydrogens (tertiary/aromatic N) is 3. The molecule has 1 unspecified atom stereocenters. The maximum atomic E-state index is 8.96. The van der Waals surface area contributed by atoms with Gasteiger partial charge in [0.05, 0.1) is 11.8 Å². The van der Waals surface area contributed by atoms with Gasteiger partial charge in [-0.15, -0.1) is 0 Å². The zero-order valence-electron chi connectivity index (χ0n) is 9.53. The first-order valence-electron chi connectivity index (χ1n) is 4.80. The minimum atomic E-state index is 0.103. The van der Waals surface area contributed by atoms with E-state index in [2.05, 4.69) is 16.5 Å². The molecule has 0 spiro atoms. The molecule has 1 atom stereocenters. The molecule has 1 N–H and O–H groups in total. The van der Waals surface area contributed by atoms with Gasteiger partial charge in [0.1, 0.15) is 17.5 Å². The van der Waals surface area contributed by atoms with E-state index in [0.29, 0.717) is 12.1 Å². The number of methoxy groups -OCH3 is 1. The summed E-state index contributed by atoms with van der Waals surface area (Å²) in [5, 5.41) is 16.3. The molecule has 5 nitrogen and oxygen atoms in total. The first-order chi connectivity index (χ1) is 7.10. The quantitative estimate of drug-likeness (QED) is 0.803. The molecule has 1 heterocycles. The Bertz CT molecular complexity index is 378. The van der Waals surface area contributed by atoms with Gasteiger partial charge >= 0.3 is 0 Å². The molecule has 1 aromatic heterocycles. The van der Waals surface area contributed by atoms with E-state index in [0.717, 1.165) is 11.5 Å². The molecule has 0 aromatic carbocycles. The molecule has 0 aliphatic heterocycles. The lowest BCUT2D eigenvalue weighted by molar-refractivity contribution is 0.128. The van der Waals surface area contributed by atoms with Gasteiger partial charge in [-0.3, -0.25) is 4.68 Å². The molecule has 82 valence electrons. The Kier molecular flexibility index (Phi) is 3.69. The van der Waals surface area contributed by atoms with Crippen LogP contribution in [0.2, 0.25) is 0 Å². The molecule has 5 heteroatoms. The van der Waals surface area contributed by atoms with Gasteiger partial charge in [-0.2, -0.15) is 10.4 Å². The van der Waals surface area contributed by atoms with Gasteiger partial charge < -0.3 is 10.1 Å². The van der Waals surface area contributed by atoms with E-state index in [1.807, 2.05) is 20.9 Å². The molecule has 1 aromatic rings. The van der Waals surface area contributed by atoms with Gasteiger partial charge in [-0.25, -0.2) is 0 Å². The standard InChI is InChI=1S/C10H16N4O/c1-7(15-4)6-12-10-9(5-11)8(2)13-14(10)3/h7,12H,6H2,1-4H3. The van der Waals surface area contributed by atoms with E-state index in [4.69, 9.17) is 10.00 Å². The molecular weight excluding hydrogens is 192 g/mol. The Morgan fingerprint density at radius 1 is 1.67 bits per heavy atom. The van der Waals surface area contributed by atoms with Crippen molar-refractivity contribution in [2.45, 2.75) is 20.0 Å². The Balaban J connectivity index is 2.81. The molecule has 0 bridgehead atoms. The van der Waals surface area contributed by atoms with Crippen LogP contribution in [0, 0.1) is 18.3 Å². The molecule has 1 rings (SSSR count). The highest BCUT2D eigenvalue weighted by Gasteiger charge is 2.12. The van der Waals surface area contributed by atoms with Crippen molar-refractivity contribution in [1.29, 1.82) is 5.26 Å². The largest absolute Gasteiger partial charge is 0.380 e. The molecule has 0 amide bonds. The normalized spacial score (nSPS) is 12.2. The minimum absolute atomic E-state index is 0.103. The van der Waals surface area contributed by atoms with Crippen molar-refractivity contribution in [2.24, 2.45) is 7.05 Å². The predicted molar refractivity (Wildman–Crippen MR) is 57.6 cm³/mol. The predicted octanol–water partition coefficient (Wildman–Crippen LogP) is 1.05. The van der Waals surface area contributed by atoms with Crippen LogP contribution >= 0.6 is 0 Å². The summed E-state index contributed by atoms with van der Waals surface area (Å²) >= 11 is 0. The SMILES string of the molecule is COC(C)CNc1c(C#N)c(C)nn1C. The maximum Gasteiger partial charge on any atom is 0.142 e. The minimum Gasteiger partial charge on any atom is -0.380 e. The second-order valence-corrected chi connectivity index (χ2v) is 3.47. The highest BCUT2D eigenvalue weighted by Crippen LogP contribution is 2.17. The van der Waals surface area contributed by atoms with E-state index in [1.54, 1.807) is 11.8 Å². The van der Waals surface area contributed by atoms with Crippen molar-refractivity contribution in [3.8, 4) is 6.07 Å². The van der Waals surface area contributed by atoms with Gasteiger partial charge in [0, 0.05) is 20.7 Å². The Labute approximate surface area is 89.6 Å². The van der Waals surface area contributed by atoms with Crippen molar-refractivity contribution < 1.29 is 4.74 Å². The van der Waals surface area contributed by atoms with Crippen molar-refractivity contribution in [1.82, 2.24) is 9.78 Å². The number of ether oxygens (including phenoxy) is 1. The molecular formula is C10H16N4O. The molecule has 0 aliphatic rings. The highest BCUT2D eigenvalue weighted by atomic mass is 16.5. The number of hydrogen-bond donors (Lipinski definition) is 1. The van der Waals surface area contributed by atoms with Crippen molar-refractivity contribution >= 4 is 5.82 Å².